The van der Waals surface area contributed by atoms with Gasteiger partial charge in [-0.2, -0.15) is 0 Å². The molecule has 0 aromatic heterocycles. The SMILES string of the molecule is COc1cccc(N2NOC(=O)C(=O)O2)c1Cl. The van der Waals surface area contributed by atoms with Crippen molar-refractivity contribution in [2.45, 2.75) is 0 Å². The highest BCUT2D eigenvalue weighted by Crippen LogP contribution is 2.34. The van der Waals surface area contributed by atoms with E-state index in [2.05, 4.69) is 15.3 Å². The first-order chi connectivity index (χ1) is 8.13. The monoisotopic (exact) mass is 258 g/mol. The highest BCUT2D eigenvalue weighted by atomic mass is 35.5. The maximum atomic E-state index is 11.0. The van der Waals surface area contributed by atoms with Gasteiger partial charge in [-0.15, -0.1) is 0 Å². The molecule has 0 atom stereocenters. The Kier molecular flexibility index (Phi) is 3.03. The normalized spacial score (nSPS) is 15.3. The van der Waals surface area contributed by atoms with Crippen LogP contribution in [0.4, 0.5) is 5.69 Å². The van der Waals surface area contributed by atoms with Crippen LogP contribution in [0.1, 0.15) is 0 Å². The molecule has 0 unspecified atom stereocenters. The maximum Gasteiger partial charge on any atom is 0.444 e. The number of anilines is 1. The van der Waals surface area contributed by atoms with Crippen LogP contribution in [0.3, 0.4) is 0 Å². The number of carbonyl (C=O) groups is 2. The molecular formula is C9H7ClN2O5. The summed E-state index contributed by atoms with van der Waals surface area (Å²) in [6.45, 7) is 0. The van der Waals surface area contributed by atoms with E-state index < -0.39 is 11.9 Å². The summed E-state index contributed by atoms with van der Waals surface area (Å²) < 4.78 is 4.99. The van der Waals surface area contributed by atoms with Crippen molar-refractivity contribution in [2.24, 2.45) is 0 Å². The predicted octanol–water partition coefficient (Wildman–Crippen LogP) is 0.590. The number of halogens is 1. The molecular weight excluding hydrogens is 252 g/mol. The lowest BCUT2D eigenvalue weighted by atomic mass is 10.3. The summed E-state index contributed by atoms with van der Waals surface area (Å²) in [5, 5.41) is 1.03. The van der Waals surface area contributed by atoms with Crippen molar-refractivity contribution >= 4 is 29.2 Å². The molecule has 1 aromatic carbocycles. The molecule has 2 rings (SSSR count). The van der Waals surface area contributed by atoms with Crippen molar-refractivity contribution < 1.29 is 24.0 Å². The van der Waals surface area contributed by atoms with Crippen molar-refractivity contribution in [1.82, 2.24) is 5.59 Å². The standard InChI is InChI=1S/C9H7ClN2O5/c1-15-6-4-2-3-5(7(6)10)12-11-16-8(13)9(14)17-12/h2-4,11H,1H3. The van der Waals surface area contributed by atoms with Gasteiger partial charge >= 0.3 is 11.9 Å². The summed E-state index contributed by atoms with van der Waals surface area (Å²) >= 11 is 5.99. The number of methoxy groups -OCH3 is 1. The molecule has 0 radical (unpaired) electrons. The Labute approximate surface area is 101 Å². The fourth-order valence-corrected chi connectivity index (χ4v) is 1.46. The average molecular weight is 259 g/mol. The molecule has 1 saturated heterocycles. The number of benzene rings is 1. The van der Waals surface area contributed by atoms with E-state index in [-0.39, 0.29) is 10.7 Å². The average Bonchev–Trinajstić information content (AvgIpc) is 2.33. The Hall–Kier alpha value is -1.99. The van der Waals surface area contributed by atoms with Crippen molar-refractivity contribution in [1.29, 1.82) is 0 Å². The molecule has 7 nitrogen and oxygen atoms in total. The van der Waals surface area contributed by atoms with Gasteiger partial charge in [0.05, 0.1) is 7.11 Å². The van der Waals surface area contributed by atoms with Crippen molar-refractivity contribution in [3.05, 3.63) is 23.2 Å². The van der Waals surface area contributed by atoms with Gasteiger partial charge in [-0.3, -0.25) is 0 Å². The van der Waals surface area contributed by atoms with Gasteiger partial charge in [0.2, 0.25) is 0 Å². The summed E-state index contributed by atoms with van der Waals surface area (Å²) in [4.78, 5) is 30.7. The zero-order valence-corrected chi connectivity index (χ0v) is 9.35. The van der Waals surface area contributed by atoms with Gasteiger partial charge in [0.15, 0.2) is 0 Å². The second-order valence-corrected chi connectivity index (χ2v) is 3.33. The van der Waals surface area contributed by atoms with Gasteiger partial charge in [-0.05, 0) is 17.7 Å². The largest absolute Gasteiger partial charge is 0.495 e. The minimum atomic E-state index is -1.15. The van der Waals surface area contributed by atoms with Crippen molar-refractivity contribution in [2.75, 3.05) is 12.3 Å². The predicted molar refractivity (Wildman–Crippen MR) is 55.8 cm³/mol. The lowest BCUT2D eigenvalue weighted by molar-refractivity contribution is -0.192. The van der Waals surface area contributed by atoms with Gasteiger partial charge in [-0.1, -0.05) is 22.8 Å². The van der Waals surface area contributed by atoms with E-state index in [0.717, 1.165) is 5.17 Å². The molecule has 0 aliphatic carbocycles. The maximum absolute atomic E-state index is 11.0. The van der Waals surface area contributed by atoms with Crippen LogP contribution in [-0.4, -0.2) is 19.0 Å². The molecule has 1 heterocycles. The number of carbonyl (C=O) groups excluding carboxylic acids is 2. The van der Waals surface area contributed by atoms with E-state index in [9.17, 15) is 9.59 Å². The Bertz CT molecular complexity index is 478. The Morgan fingerprint density at radius 3 is 2.76 bits per heavy atom. The minimum Gasteiger partial charge on any atom is -0.495 e. The fourth-order valence-electron chi connectivity index (χ4n) is 1.18. The molecule has 0 bridgehead atoms. The summed E-state index contributed by atoms with van der Waals surface area (Å²) in [6, 6.07) is 4.81. The van der Waals surface area contributed by atoms with Crippen LogP contribution in [-0.2, 0) is 19.3 Å². The van der Waals surface area contributed by atoms with E-state index in [1.165, 1.54) is 7.11 Å². The Morgan fingerprint density at radius 1 is 1.35 bits per heavy atom. The number of hydrazine groups is 1. The molecule has 0 amide bonds. The lowest BCUT2D eigenvalue weighted by Gasteiger charge is -2.26. The van der Waals surface area contributed by atoms with Crippen LogP contribution in [0.25, 0.3) is 0 Å². The minimum absolute atomic E-state index is 0.202. The van der Waals surface area contributed by atoms with Gasteiger partial charge < -0.3 is 14.4 Å². The van der Waals surface area contributed by atoms with Crippen LogP contribution >= 0.6 is 11.6 Å². The van der Waals surface area contributed by atoms with Gasteiger partial charge in [0, 0.05) is 0 Å². The summed E-state index contributed by atoms with van der Waals surface area (Å²) in [6.07, 6.45) is 0. The van der Waals surface area contributed by atoms with E-state index in [0.29, 0.717) is 5.75 Å². The van der Waals surface area contributed by atoms with Crippen LogP contribution in [0.15, 0.2) is 18.2 Å². The first-order valence-corrected chi connectivity index (χ1v) is 4.82. The highest BCUT2D eigenvalue weighted by molar-refractivity contribution is 6.35. The van der Waals surface area contributed by atoms with E-state index >= 15 is 0 Å². The molecule has 0 saturated carbocycles. The number of nitrogens with one attached hydrogen (secondary N) is 1. The number of ether oxygens (including phenoxy) is 1. The zero-order valence-electron chi connectivity index (χ0n) is 8.60. The molecule has 1 fully saturated rings. The van der Waals surface area contributed by atoms with E-state index in [1.807, 2.05) is 0 Å². The third-order valence-electron chi connectivity index (χ3n) is 1.94. The summed E-state index contributed by atoms with van der Waals surface area (Å²) in [5.41, 5.74) is 2.38. The zero-order chi connectivity index (χ0) is 12.4. The van der Waals surface area contributed by atoms with Crippen LogP contribution in [0.2, 0.25) is 5.02 Å². The van der Waals surface area contributed by atoms with Crippen LogP contribution in [0.5, 0.6) is 5.75 Å². The molecule has 1 aliphatic heterocycles. The Morgan fingerprint density at radius 2 is 2.12 bits per heavy atom. The third-order valence-corrected chi connectivity index (χ3v) is 2.32. The number of rotatable bonds is 2. The molecule has 17 heavy (non-hydrogen) atoms. The molecule has 0 spiro atoms. The smallest absolute Gasteiger partial charge is 0.444 e. The molecule has 1 aliphatic rings. The van der Waals surface area contributed by atoms with Gasteiger partial charge in [0.1, 0.15) is 16.5 Å². The molecule has 1 aromatic rings. The summed E-state index contributed by atoms with van der Waals surface area (Å²) in [7, 11) is 1.45. The molecule has 90 valence electrons. The number of nitrogens with zero attached hydrogens (tertiary/aromatic N) is 1. The topological polar surface area (TPSA) is 77.1 Å². The summed E-state index contributed by atoms with van der Waals surface area (Å²) in [5.74, 6) is -1.90. The fraction of sp³-hybridized carbons (Fsp3) is 0.111. The molecule has 1 N–H and O–H groups in total. The lowest BCUT2D eigenvalue weighted by Crippen LogP contribution is -2.49. The molecule has 8 heteroatoms. The third kappa shape index (κ3) is 2.10. The van der Waals surface area contributed by atoms with E-state index in [1.54, 1.807) is 18.2 Å². The van der Waals surface area contributed by atoms with Gasteiger partial charge in [-0.25, -0.2) is 9.59 Å². The number of hydrogen-bond acceptors (Lipinski definition) is 7. The first kappa shape index (κ1) is 11.5. The van der Waals surface area contributed by atoms with E-state index in [4.69, 9.17) is 16.3 Å². The second-order valence-electron chi connectivity index (χ2n) is 2.95. The van der Waals surface area contributed by atoms with Crippen molar-refractivity contribution in [3.63, 3.8) is 0 Å². The quantitative estimate of drug-likeness (QED) is 0.778. The van der Waals surface area contributed by atoms with Gasteiger partial charge in [0.25, 0.3) is 0 Å². The van der Waals surface area contributed by atoms with Crippen molar-refractivity contribution in [3.8, 4) is 5.75 Å². The van der Waals surface area contributed by atoms with Crippen LogP contribution < -0.4 is 15.5 Å². The second kappa shape index (κ2) is 4.48. The number of hydrogen-bond donors (Lipinski definition) is 1. The first-order valence-electron chi connectivity index (χ1n) is 4.45. The Balaban J connectivity index is 2.29. The van der Waals surface area contributed by atoms with Crippen LogP contribution in [0, 0.1) is 0 Å². The highest BCUT2D eigenvalue weighted by Gasteiger charge is 2.30.